The summed E-state index contributed by atoms with van der Waals surface area (Å²) in [6.45, 7) is 4.47. The molecular weight excluding hydrogens is 350 g/mol. The lowest BCUT2D eigenvalue weighted by Crippen LogP contribution is -2.36. The van der Waals surface area contributed by atoms with Gasteiger partial charge in [-0.15, -0.1) is 0 Å². The summed E-state index contributed by atoms with van der Waals surface area (Å²) in [4.78, 5) is 12.0. The Bertz CT molecular complexity index is 708. The Morgan fingerprint density at radius 3 is 2.75 bits per heavy atom. The van der Waals surface area contributed by atoms with Gasteiger partial charge in [0.2, 0.25) is 5.91 Å². The Kier molecular flexibility index (Phi) is 8.78. The molecular formula is C22H35N5O. The Morgan fingerprint density at radius 1 is 1.04 bits per heavy atom. The van der Waals surface area contributed by atoms with E-state index in [1.54, 1.807) is 0 Å². The lowest BCUT2D eigenvalue weighted by Gasteiger charge is -2.22. The molecule has 3 N–H and O–H groups in total. The van der Waals surface area contributed by atoms with Crippen LogP contribution in [0.3, 0.4) is 0 Å². The number of benzene rings is 1. The van der Waals surface area contributed by atoms with Crippen LogP contribution in [0.1, 0.15) is 51.4 Å². The smallest absolute Gasteiger partial charge is 0.221 e. The summed E-state index contributed by atoms with van der Waals surface area (Å²) in [5.41, 5.74) is 1.08. The highest BCUT2D eigenvalue weighted by Crippen LogP contribution is 2.17. The summed E-state index contributed by atoms with van der Waals surface area (Å²) in [6, 6.07) is 8.83. The van der Waals surface area contributed by atoms with Gasteiger partial charge >= 0.3 is 0 Å². The van der Waals surface area contributed by atoms with E-state index in [-0.39, 0.29) is 5.91 Å². The number of fused-ring (bicyclic) bond motifs is 1. The molecule has 154 valence electrons. The van der Waals surface area contributed by atoms with Crippen molar-refractivity contribution in [1.82, 2.24) is 25.7 Å². The summed E-state index contributed by atoms with van der Waals surface area (Å²) >= 11 is 0. The number of carbonyl (C=O) groups is 1. The van der Waals surface area contributed by atoms with Crippen LogP contribution >= 0.6 is 0 Å². The van der Waals surface area contributed by atoms with Gasteiger partial charge < -0.3 is 16.0 Å². The highest BCUT2D eigenvalue weighted by molar-refractivity contribution is 5.79. The zero-order chi connectivity index (χ0) is 19.4. The Balaban J connectivity index is 1.16. The van der Waals surface area contributed by atoms with E-state index in [0.29, 0.717) is 13.0 Å². The molecule has 0 radical (unpaired) electrons. The molecule has 0 unspecified atom stereocenters. The third-order valence-corrected chi connectivity index (χ3v) is 5.54. The van der Waals surface area contributed by atoms with Gasteiger partial charge in [0.05, 0.1) is 18.3 Å². The molecule has 28 heavy (non-hydrogen) atoms. The first-order chi connectivity index (χ1) is 13.8. The number of rotatable bonds is 12. The number of aryl methyl sites for hydroxylation is 1. The number of aromatic nitrogens is 2. The molecule has 6 nitrogen and oxygen atoms in total. The first kappa shape index (κ1) is 20.8. The summed E-state index contributed by atoms with van der Waals surface area (Å²) in [6.07, 6.45) is 11.3. The van der Waals surface area contributed by atoms with Crippen LogP contribution in [-0.2, 0) is 11.3 Å². The molecule has 1 heterocycles. The lowest BCUT2D eigenvalue weighted by atomic mass is 9.95. The van der Waals surface area contributed by atoms with E-state index in [1.807, 2.05) is 35.1 Å². The van der Waals surface area contributed by atoms with E-state index in [1.165, 1.54) is 32.1 Å². The normalized spacial score (nSPS) is 15.1. The molecule has 1 aromatic heterocycles. The second-order valence-corrected chi connectivity index (χ2v) is 7.77. The van der Waals surface area contributed by atoms with Crippen molar-refractivity contribution < 1.29 is 4.79 Å². The molecule has 1 amide bonds. The predicted molar refractivity (Wildman–Crippen MR) is 114 cm³/mol. The van der Waals surface area contributed by atoms with Gasteiger partial charge in [-0.1, -0.05) is 37.5 Å². The van der Waals surface area contributed by atoms with E-state index in [9.17, 15) is 4.79 Å². The topological polar surface area (TPSA) is 71.0 Å². The second kappa shape index (κ2) is 11.8. The van der Waals surface area contributed by atoms with Crippen LogP contribution in [0.5, 0.6) is 0 Å². The Morgan fingerprint density at radius 2 is 1.86 bits per heavy atom. The Labute approximate surface area is 168 Å². The number of carbonyl (C=O) groups excluding carboxylic acids is 1. The maximum Gasteiger partial charge on any atom is 0.221 e. The van der Waals surface area contributed by atoms with E-state index in [2.05, 4.69) is 21.0 Å². The monoisotopic (exact) mass is 385 g/mol. The van der Waals surface area contributed by atoms with Crippen LogP contribution in [0.15, 0.2) is 30.5 Å². The molecule has 1 aliphatic rings. The SMILES string of the molecule is O=C(CCn1ncc2ccccc21)NCCCCNCCNC1CCCCC1. The molecule has 3 rings (SSSR count). The van der Waals surface area contributed by atoms with Crippen LogP contribution in [0, 0.1) is 0 Å². The molecule has 1 fully saturated rings. The van der Waals surface area contributed by atoms with Crippen molar-refractivity contribution in [3.8, 4) is 0 Å². The molecule has 1 aliphatic carbocycles. The van der Waals surface area contributed by atoms with Crippen molar-refractivity contribution in [1.29, 1.82) is 0 Å². The molecule has 6 heteroatoms. The number of para-hydroxylation sites is 1. The largest absolute Gasteiger partial charge is 0.356 e. The third-order valence-electron chi connectivity index (χ3n) is 5.54. The number of amides is 1. The Hall–Kier alpha value is -1.92. The van der Waals surface area contributed by atoms with Crippen molar-refractivity contribution in [3.63, 3.8) is 0 Å². The highest BCUT2D eigenvalue weighted by atomic mass is 16.1. The molecule has 1 aromatic carbocycles. The maximum atomic E-state index is 12.0. The van der Waals surface area contributed by atoms with Crippen LogP contribution in [0.2, 0.25) is 0 Å². The van der Waals surface area contributed by atoms with Gasteiger partial charge in [0.25, 0.3) is 0 Å². The van der Waals surface area contributed by atoms with Gasteiger partial charge in [0, 0.05) is 37.5 Å². The number of nitrogens with zero attached hydrogens (tertiary/aromatic N) is 2. The molecule has 1 saturated carbocycles. The molecule has 0 aliphatic heterocycles. The number of hydrogen-bond acceptors (Lipinski definition) is 4. The van der Waals surface area contributed by atoms with Crippen molar-refractivity contribution in [2.24, 2.45) is 0 Å². The summed E-state index contributed by atoms with van der Waals surface area (Å²) in [5, 5.41) is 15.6. The molecule has 0 bridgehead atoms. The third kappa shape index (κ3) is 6.91. The first-order valence-corrected chi connectivity index (χ1v) is 10.9. The summed E-state index contributed by atoms with van der Waals surface area (Å²) in [7, 11) is 0. The minimum atomic E-state index is 0.101. The molecule has 0 atom stereocenters. The van der Waals surface area contributed by atoms with Gasteiger partial charge in [-0.25, -0.2) is 0 Å². The van der Waals surface area contributed by atoms with E-state index < -0.39 is 0 Å². The van der Waals surface area contributed by atoms with Gasteiger partial charge in [-0.05, 0) is 38.3 Å². The minimum Gasteiger partial charge on any atom is -0.356 e. The molecule has 0 spiro atoms. The average molecular weight is 386 g/mol. The number of hydrogen-bond donors (Lipinski definition) is 3. The standard InChI is InChI=1S/C22H35N5O/c28-22(12-17-27-21-11-5-4-8-19(21)18-26-27)25-14-7-6-13-23-15-16-24-20-9-2-1-3-10-20/h4-5,8,11,18,20,23-24H,1-3,6-7,9-10,12-17H2,(H,25,28). The van der Waals surface area contributed by atoms with Gasteiger partial charge in [-0.2, -0.15) is 5.10 Å². The quantitative estimate of drug-likeness (QED) is 0.491. The van der Waals surface area contributed by atoms with E-state index >= 15 is 0 Å². The molecule has 0 saturated heterocycles. The van der Waals surface area contributed by atoms with E-state index in [0.717, 1.165) is 56.0 Å². The van der Waals surface area contributed by atoms with Crippen molar-refractivity contribution in [2.75, 3.05) is 26.2 Å². The van der Waals surface area contributed by atoms with Crippen molar-refractivity contribution in [2.45, 2.75) is 64.0 Å². The van der Waals surface area contributed by atoms with E-state index in [4.69, 9.17) is 0 Å². The zero-order valence-corrected chi connectivity index (χ0v) is 17.0. The van der Waals surface area contributed by atoms with Gasteiger partial charge in [-0.3, -0.25) is 9.48 Å². The average Bonchev–Trinajstić information content (AvgIpc) is 3.15. The van der Waals surface area contributed by atoms with Gasteiger partial charge in [0.15, 0.2) is 0 Å². The number of unbranched alkanes of at least 4 members (excludes halogenated alkanes) is 1. The maximum absolute atomic E-state index is 12.0. The fraction of sp³-hybridized carbons (Fsp3) is 0.636. The zero-order valence-electron chi connectivity index (χ0n) is 17.0. The van der Waals surface area contributed by atoms with Crippen LogP contribution in [0.25, 0.3) is 10.9 Å². The highest BCUT2D eigenvalue weighted by Gasteiger charge is 2.11. The minimum absolute atomic E-state index is 0.101. The molecule has 2 aromatic rings. The lowest BCUT2D eigenvalue weighted by molar-refractivity contribution is -0.121. The summed E-state index contributed by atoms with van der Waals surface area (Å²) < 4.78 is 1.90. The van der Waals surface area contributed by atoms with Crippen LogP contribution < -0.4 is 16.0 Å². The van der Waals surface area contributed by atoms with Crippen LogP contribution in [-0.4, -0.2) is 47.9 Å². The predicted octanol–water partition coefficient (Wildman–Crippen LogP) is 2.83. The van der Waals surface area contributed by atoms with Gasteiger partial charge in [0.1, 0.15) is 0 Å². The first-order valence-electron chi connectivity index (χ1n) is 10.9. The second-order valence-electron chi connectivity index (χ2n) is 7.77. The van der Waals surface area contributed by atoms with Crippen molar-refractivity contribution in [3.05, 3.63) is 30.5 Å². The van der Waals surface area contributed by atoms with Crippen molar-refractivity contribution >= 4 is 16.8 Å². The van der Waals surface area contributed by atoms with Crippen LogP contribution in [0.4, 0.5) is 0 Å². The fourth-order valence-electron chi connectivity index (χ4n) is 3.90. The summed E-state index contributed by atoms with van der Waals surface area (Å²) in [5.74, 6) is 0.101. The fourth-order valence-corrected chi connectivity index (χ4v) is 3.90. The number of nitrogens with one attached hydrogen (secondary N) is 3.